The van der Waals surface area contributed by atoms with Crippen molar-refractivity contribution in [2.45, 2.75) is 32.3 Å². The van der Waals surface area contributed by atoms with E-state index in [0.717, 1.165) is 31.7 Å². The molecule has 4 heteroatoms. The van der Waals surface area contributed by atoms with Gasteiger partial charge >= 0.3 is 0 Å². The molecule has 0 spiro atoms. The van der Waals surface area contributed by atoms with Crippen LogP contribution >= 0.6 is 0 Å². The Morgan fingerprint density at radius 2 is 2.40 bits per heavy atom. The molecule has 0 saturated heterocycles. The molecule has 0 aromatic carbocycles. The third kappa shape index (κ3) is 4.95. The summed E-state index contributed by atoms with van der Waals surface area (Å²) in [5.41, 5.74) is 0.946. The lowest BCUT2D eigenvalue weighted by molar-refractivity contribution is 0.114. The van der Waals surface area contributed by atoms with Crippen LogP contribution in [0.2, 0.25) is 0 Å². The van der Waals surface area contributed by atoms with Gasteiger partial charge in [-0.3, -0.25) is 4.68 Å². The van der Waals surface area contributed by atoms with E-state index in [1.165, 1.54) is 0 Å². The summed E-state index contributed by atoms with van der Waals surface area (Å²) in [6.45, 7) is 3.45. The number of ether oxygens (including phenoxy) is 1. The van der Waals surface area contributed by atoms with Gasteiger partial charge in [-0.25, -0.2) is 0 Å². The zero-order valence-corrected chi connectivity index (χ0v) is 9.52. The molecule has 1 heterocycles. The van der Waals surface area contributed by atoms with Crippen molar-refractivity contribution < 1.29 is 9.84 Å². The van der Waals surface area contributed by atoms with E-state index in [1.807, 2.05) is 26.2 Å². The number of hydrogen-bond acceptors (Lipinski definition) is 3. The maximum Gasteiger partial charge on any atom is 0.0650 e. The van der Waals surface area contributed by atoms with Gasteiger partial charge in [-0.05, 0) is 25.8 Å². The van der Waals surface area contributed by atoms with Crippen LogP contribution in [0.1, 0.15) is 25.5 Å². The summed E-state index contributed by atoms with van der Waals surface area (Å²) in [5.74, 6) is 0. The molecule has 0 aliphatic rings. The molecule has 0 aliphatic carbocycles. The molecule has 86 valence electrons. The fourth-order valence-electron chi connectivity index (χ4n) is 1.48. The molecule has 1 rings (SSSR count). The maximum atomic E-state index is 9.71. The first-order valence-corrected chi connectivity index (χ1v) is 5.46. The number of aromatic nitrogens is 2. The van der Waals surface area contributed by atoms with Gasteiger partial charge < -0.3 is 9.84 Å². The number of aryl methyl sites for hydroxylation is 1. The van der Waals surface area contributed by atoms with Gasteiger partial charge in [0.15, 0.2) is 0 Å². The summed E-state index contributed by atoms with van der Waals surface area (Å²) in [6, 6.07) is 1.94. The summed E-state index contributed by atoms with van der Waals surface area (Å²) in [5, 5.41) is 13.9. The van der Waals surface area contributed by atoms with Gasteiger partial charge in [0.2, 0.25) is 0 Å². The third-order valence-electron chi connectivity index (χ3n) is 2.24. The molecule has 4 nitrogen and oxygen atoms in total. The Balaban J connectivity index is 2.15. The summed E-state index contributed by atoms with van der Waals surface area (Å²) in [4.78, 5) is 0. The molecule has 0 bridgehead atoms. The second kappa shape index (κ2) is 6.58. The van der Waals surface area contributed by atoms with E-state index in [1.54, 1.807) is 4.68 Å². The molecule has 0 fully saturated rings. The van der Waals surface area contributed by atoms with E-state index in [2.05, 4.69) is 5.10 Å². The highest BCUT2D eigenvalue weighted by molar-refractivity contribution is 4.99. The summed E-state index contributed by atoms with van der Waals surface area (Å²) in [7, 11) is 1.88. The number of rotatable bonds is 7. The minimum absolute atomic E-state index is 0.305. The van der Waals surface area contributed by atoms with E-state index in [-0.39, 0.29) is 6.10 Å². The largest absolute Gasteiger partial charge is 0.393 e. The zero-order valence-electron chi connectivity index (χ0n) is 9.52. The fourth-order valence-corrected chi connectivity index (χ4v) is 1.48. The number of hydrogen-bond donors (Lipinski definition) is 1. The van der Waals surface area contributed by atoms with Crippen LogP contribution in [0.4, 0.5) is 0 Å². The Labute approximate surface area is 90.9 Å². The highest BCUT2D eigenvalue weighted by Crippen LogP contribution is 2.05. The van der Waals surface area contributed by atoms with Crippen LogP contribution in [0.15, 0.2) is 12.3 Å². The maximum absolute atomic E-state index is 9.71. The van der Waals surface area contributed by atoms with Crippen LogP contribution in [0.25, 0.3) is 0 Å². The average Bonchev–Trinajstić information content (AvgIpc) is 2.59. The Morgan fingerprint density at radius 3 is 3.00 bits per heavy atom. The van der Waals surface area contributed by atoms with Crippen molar-refractivity contribution >= 4 is 0 Å². The molecule has 0 aliphatic heterocycles. The van der Waals surface area contributed by atoms with E-state index >= 15 is 0 Å². The quantitative estimate of drug-likeness (QED) is 0.689. The molecule has 1 aromatic rings. The Hall–Kier alpha value is -0.870. The molecule has 1 atom stereocenters. The van der Waals surface area contributed by atoms with Gasteiger partial charge in [0.1, 0.15) is 0 Å². The van der Waals surface area contributed by atoms with Crippen LogP contribution in [0, 0.1) is 0 Å². The zero-order chi connectivity index (χ0) is 11.1. The van der Waals surface area contributed by atoms with Crippen LogP contribution in [-0.4, -0.2) is 34.2 Å². The van der Waals surface area contributed by atoms with Gasteiger partial charge in [-0.2, -0.15) is 5.10 Å². The van der Waals surface area contributed by atoms with E-state index in [4.69, 9.17) is 4.74 Å². The minimum atomic E-state index is -0.305. The lowest BCUT2D eigenvalue weighted by Gasteiger charge is -2.08. The number of nitrogens with zero attached hydrogens (tertiary/aromatic N) is 2. The second-order valence-electron chi connectivity index (χ2n) is 3.68. The lowest BCUT2D eigenvalue weighted by Crippen LogP contribution is -2.12. The van der Waals surface area contributed by atoms with Crippen molar-refractivity contribution in [3.05, 3.63) is 18.0 Å². The molecule has 0 radical (unpaired) electrons. The topological polar surface area (TPSA) is 47.3 Å². The van der Waals surface area contributed by atoms with Crippen molar-refractivity contribution in [1.82, 2.24) is 9.78 Å². The van der Waals surface area contributed by atoms with Gasteiger partial charge in [0, 0.05) is 32.9 Å². The predicted molar refractivity (Wildman–Crippen MR) is 58.6 cm³/mol. The number of aliphatic hydroxyl groups excluding tert-OH is 1. The van der Waals surface area contributed by atoms with Crippen molar-refractivity contribution in [2.75, 3.05) is 13.2 Å². The Morgan fingerprint density at radius 1 is 1.60 bits per heavy atom. The molecule has 1 aromatic heterocycles. The molecule has 0 amide bonds. The van der Waals surface area contributed by atoms with Crippen LogP contribution in [0.3, 0.4) is 0 Å². The van der Waals surface area contributed by atoms with Gasteiger partial charge in [-0.15, -0.1) is 0 Å². The highest BCUT2D eigenvalue weighted by Gasteiger charge is 2.07. The van der Waals surface area contributed by atoms with Crippen molar-refractivity contribution in [3.8, 4) is 0 Å². The molecule has 15 heavy (non-hydrogen) atoms. The summed E-state index contributed by atoms with van der Waals surface area (Å²) < 4.78 is 6.96. The van der Waals surface area contributed by atoms with E-state index in [9.17, 15) is 5.11 Å². The van der Waals surface area contributed by atoms with Crippen LogP contribution in [-0.2, 0) is 18.2 Å². The Kier molecular flexibility index (Phi) is 5.36. The first-order chi connectivity index (χ1) is 7.22. The minimum Gasteiger partial charge on any atom is -0.393 e. The molecule has 0 saturated carbocycles. The van der Waals surface area contributed by atoms with Gasteiger partial charge in [0.05, 0.1) is 11.8 Å². The van der Waals surface area contributed by atoms with E-state index in [0.29, 0.717) is 6.42 Å². The average molecular weight is 212 g/mol. The first kappa shape index (κ1) is 12.2. The van der Waals surface area contributed by atoms with E-state index < -0.39 is 0 Å². The second-order valence-corrected chi connectivity index (χ2v) is 3.68. The summed E-state index contributed by atoms with van der Waals surface area (Å²) in [6.07, 6.45) is 3.90. The van der Waals surface area contributed by atoms with Gasteiger partial charge in [-0.1, -0.05) is 0 Å². The third-order valence-corrected chi connectivity index (χ3v) is 2.24. The van der Waals surface area contributed by atoms with Crippen LogP contribution < -0.4 is 0 Å². The molecule has 1 N–H and O–H groups in total. The standard InChI is InChI=1S/C11H20N2O2/c1-3-15-8-4-5-11(14)9-10-6-7-13(2)12-10/h6-7,11,14H,3-5,8-9H2,1-2H3. The van der Waals surface area contributed by atoms with Crippen molar-refractivity contribution in [2.24, 2.45) is 7.05 Å². The first-order valence-electron chi connectivity index (χ1n) is 5.46. The lowest BCUT2D eigenvalue weighted by atomic mass is 10.1. The fraction of sp³-hybridized carbons (Fsp3) is 0.727. The van der Waals surface area contributed by atoms with Crippen LogP contribution in [0.5, 0.6) is 0 Å². The summed E-state index contributed by atoms with van der Waals surface area (Å²) >= 11 is 0. The number of aliphatic hydroxyl groups is 1. The Bertz CT molecular complexity index is 273. The van der Waals surface area contributed by atoms with Crippen molar-refractivity contribution in [3.63, 3.8) is 0 Å². The molecular weight excluding hydrogens is 192 g/mol. The smallest absolute Gasteiger partial charge is 0.0650 e. The monoisotopic (exact) mass is 212 g/mol. The van der Waals surface area contributed by atoms with Gasteiger partial charge in [0.25, 0.3) is 0 Å². The normalized spacial score (nSPS) is 13.0. The highest BCUT2D eigenvalue weighted by atomic mass is 16.5. The van der Waals surface area contributed by atoms with Crippen molar-refractivity contribution in [1.29, 1.82) is 0 Å². The SMILES string of the molecule is CCOCCCC(O)Cc1ccn(C)n1. The molecular formula is C11H20N2O2. The predicted octanol–water partition coefficient (Wildman–Crippen LogP) is 1.14. The molecule has 1 unspecified atom stereocenters.